The molecule has 2 amide bonds. The van der Waals surface area contributed by atoms with Crippen molar-refractivity contribution in [3.8, 4) is 11.5 Å². The number of carbonyl (C=O) groups is 2. The Labute approximate surface area is 201 Å². The lowest BCUT2D eigenvalue weighted by molar-refractivity contribution is -0.129. The van der Waals surface area contributed by atoms with Gasteiger partial charge >= 0.3 is 0 Å². The summed E-state index contributed by atoms with van der Waals surface area (Å²) in [7, 11) is 6.89. The highest BCUT2D eigenvalue weighted by molar-refractivity contribution is 8.00. The quantitative estimate of drug-likeness (QED) is 0.490. The van der Waals surface area contributed by atoms with E-state index in [0.717, 1.165) is 23.3 Å². The molecule has 0 atom stereocenters. The highest BCUT2D eigenvalue weighted by atomic mass is 32.2. The van der Waals surface area contributed by atoms with Gasteiger partial charge in [-0.2, -0.15) is 0 Å². The number of nitrogens with zero attached hydrogens (tertiary/aromatic N) is 2. The summed E-state index contributed by atoms with van der Waals surface area (Å²) < 4.78 is 10.7. The number of ether oxygens (including phenoxy) is 2. The van der Waals surface area contributed by atoms with E-state index in [0.29, 0.717) is 35.4 Å². The van der Waals surface area contributed by atoms with E-state index in [1.54, 1.807) is 26.2 Å². The van der Waals surface area contributed by atoms with Crippen molar-refractivity contribution in [2.24, 2.45) is 0 Å². The van der Waals surface area contributed by atoms with Gasteiger partial charge in [-0.1, -0.05) is 31.4 Å². The molecule has 1 aliphatic carbocycles. The number of carbonyl (C=O) groups excluding carboxylic acids is 2. The summed E-state index contributed by atoms with van der Waals surface area (Å²) in [5, 5.41) is 0. The van der Waals surface area contributed by atoms with Crippen molar-refractivity contribution >= 4 is 23.6 Å². The molecule has 0 N–H and O–H groups in total. The van der Waals surface area contributed by atoms with Crippen molar-refractivity contribution in [1.82, 2.24) is 9.80 Å². The number of rotatable bonds is 9. The van der Waals surface area contributed by atoms with Gasteiger partial charge in [-0.05, 0) is 37.1 Å². The van der Waals surface area contributed by atoms with Gasteiger partial charge < -0.3 is 19.3 Å². The van der Waals surface area contributed by atoms with Crippen LogP contribution in [0.25, 0.3) is 0 Å². The number of thioether (sulfide) groups is 1. The maximum Gasteiger partial charge on any atom is 0.255 e. The zero-order valence-electron chi connectivity index (χ0n) is 20.0. The Kier molecular flexibility index (Phi) is 9.06. The average molecular weight is 471 g/mol. The van der Waals surface area contributed by atoms with Gasteiger partial charge in [0.25, 0.3) is 5.91 Å². The molecule has 0 spiro atoms. The highest BCUT2D eigenvalue weighted by Gasteiger charge is 2.23. The van der Waals surface area contributed by atoms with Crippen LogP contribution in [0.2, 0.25) is 0 Å². The predicted molar refractivity (Wildman–Crippen MR) is 132 cm³/mol. The van der Waals surface area contributed by atoms with Crippen LogP contribution in [-0.2, 0) is 11.3 Å². The average Bonchev–Trinajstić information content (AvgIpc) is 2.87. The van der Waals surface area contributed by atoms with Crippen LogP contribution < -0.4 is 9.47 Å². The van der Waals surface area contributed by atoms with E-state index in [-0.39, 0.29) is 11.8 Å². The van der Waals surface area contributed by atoms with E-state index in [2.05, 4.69) is 0 Å². The normalized spacial score (nSPS) is 13.9. The lowest BCUT2D eigenvalue weighted by atomic mass is 9.94. The molecule has 0 aromatic heterocycles. The van der Waals surface area contributed by atoms with Crippen molar-refractivity contribution < 1.29 is 19.1 Å². The first kappa shape index (κ1) is 25.0. The number of hydrogen-bond donors (Lipinski definition) is 0. The number of benzene rings is 2. The highest BCUT2D eigenvalue weighted by Crippen LogP contribution is 2.28. The van der Waals surface area contributed by atoms with Crippen LogP contribution in [0.1, 0.15) is 48.0 Å². The third kappa shape index (κ3) is 6.44. The largest absolute Gasteiger partial charge is 0.497 e. The summed E-state index contributed by atoms with van der Waals surface area (Å²) in [6.07, 6.45) is 5.82. The molecule has 0 bridgehead atoms. The van der Waals surface area contributed by atoms with Crippen LogP contribution in [0.3, 0.4) is 0 Å². The fourth-order valence-electron chi connectivity index (χ4n) is 4.20. The van der Waals surface area contributed by atoms with Crippen LogP contribution in [0.4, 0.5) is 0 Å². The summed E-state index contributed by atoms with van der Waals surface area (Å²) in [6.45, 7) is 0.397. The van der Waals surface area contributed by atoms with Crippen molar-refractivity contribution in [3.63, 3.8) is 0 Å². The van der Waals surface area contributed by atoms with E-state index >= 15 is 0 Å². The monoisotopic (exact) mass is 470 g/mol. The Morgan fingerprint density at radius 2 is 1.73 bits per heavy atom. The molecule has 0 unspecified atom stereocenters. The van der Waals surface area contributed by atoms with E-state index in [1.807, 2.05) is 54.4 Å². The van der Waals surface area contributed by atoms with Crippen LogP contribution >= 0.6 is 11.8 Å². The zero-order chi connectivity index (χ0) is 23.8. The SMILES string of the molecule is COc1ccc(CN(C)C(=O)c2ccccc2SCC(=O)N(C)C2CCCCC2)c(OC)c1. The second kappa shape index (κ2) is 12.0. The first-order chi connectivity index (χ1) is 15.9. The minimum absolute atomic E-state index is 0.0935. The number of hydrogen-bond acceptors (Lipinski definition) is 5. The number of methoxy groups -OCH3 is 2. The molecule has 1 saturated carbocycles. The third-order valence-electron chi connectivity index (χ3n) is 6.23. The van der Waals surface area contributed by atoms with Crippen molar-refractivity contribution in [1.29, 1.82) is 0 Å². The second-order valence-electron chi connectivity index (χ2n) is 8.42. The molecule has 0 radical (unpaired) electrons. The van der Waals surface area contributed by atoms with Crippen LogP contribution in [0.15, 0.2) is 47.4 Å². The molecule has 1 aliphatic rings. The molecule has 0 saturated heterocycles. The molecule has 6 nitrogen and oxygen atoms in total. The summed E-state index contributed by atoms with van der Waals surface area (Å²) in [5.41, 5.74) is 1.49. The molecule has 2 aromatic rings. The first-order valence-electron chi connectivity index (χ1n) is 11.4. The molecule has 7 heteroatoms. The minimum atomic E-state index is -0.0935. The van der Waals surface area contributed by atoms with Crippen molar-refractivity contribution in [3.05, 3.63) is 53.6 Å². The summed E-state index contributed by atoms with van der Waals surface area (Å²) in [4.78, 5) is 30.4. The molecule has 2 aromatic carbocycles. The standard InChI is InChI=1S/C26H34N2O4S/c1-27(17-19-14-15-21(31-3)16-23(19)32-4)26(30)22-12-8-9-13-24(22)33-18-25(29)28(2)20-10-6-5-7-11-20/h8-9,12-16,20H,5-7,10-11,17-18H2,1-4H3. The van der Waals surface area contributed by atoms with Gasteiger partial charge in [-0.25, -0.2) is 0 Å². The third-order valence-corrected chi connectivity index (χ3v) is 7.29. The molecule has 33 heavy (non-hydrogen) atoms. The van der Waals surface area contributed by atoms with E-state index in [1.165, 1.54) is 31.0 Å². The lowest BCUT2D eigenvalue weighted by Gasteiger charge is -2.31. The fourth-order valence-corrected chi connectivity index (χ4v) is 5.17. The predicted octanol–water partition coefficient (Wildman–Crippen LogP) is 4.86. The van der Waals surface area contributed by atoms with Crippen molar-refractivity contribution in [2.75, 3.05) is 34.1 Å². The molecule has 1 fully saturated rings. The molecule has 178 valence electrons. The summed E-state index contributed by atoms with van der Waals surface area (Å²) in [6, 6.07) is 13.4. The lowest BCUT2D eigenvalue weighted by Crippen LogP contribution is -2.39. The second-order valence-corrected chi connectivity index (χ2v) is 9.44. The Hall–Kier alpha value is -2.67. The van der Waals surface area contributed by atoms with Gasteiger partial charge in [0.1, 0.15) is 11.5 Å². The fraction of sp³-hybridized carbons (Fsp3) is 0.462. The number of amides is 2. The van der Waals surface area contributed by atoms with Gasteiger partial charge in [0.2, 0.25) is 5.91 Å². The Morgan fingerprint density at radius 3 is 2.42 bits per heavy atom. The van der Waals surface area contributed by atoms with Gasteiger partial charge in [-0.15, -0.1) is 11.8 Å². The Bertz CT molecular complexity index is 959. The summed E-state index contributed by atoms with van der Waals surface area (Å²) in [5.74, 6) is 1.73. The van der Waals surface area contributed by atoms with Gasteiger partial charge in [-0.3, -0.25) is 9.59 Å². The van der Waals surface area contributed by atoms with Gasteiger partial charge in [0.15, 0.2) is 0 Å². The molecule has 0 aliphatic heterocycles. The van der Waals surface area contributed by atoms with Crippen LogP contribution in [-0.4, -0.2) is 61.7 Å². The topological polar surface area (TPSA) is 59.1 Å². The molecular formula is C26H34N2O4S. The first-order valence-corrected chi connectivity index (χ1v) is 12.4. The Balaban J connectivity index is 1.66. The van der Waals surface area contributed by atoms with Gasteiger partial charge in [0.05, 0.1) is 25.5 Å². The maximum absolute atomic E-state index is 13.3. The van der Waals surface area contributed by atoms with E-state index in [9.17, 15) is 9.59 Å². The smallest absolute Gasteiger partial charge is 0.255 e. The van der Waals surface area contributed by atoms with Crippen molar-refractivity contribution in [2.45, 2.75) is 49.6 Å². The van der Waals surface area contributed by atoms with Crippen LogP contribution in [0.5, 0.6) is 11.5 Å². The molecular weight excluding hydrogens is 436 g/mol. The summed E-state index contributed by atoms with van der Waals surface area (Å²) >= 11 is 1.43. The van der Waals surface area contributed by atoms with Gasteiger partial charge in [0, 0.05) is 43.2 Å². The van der Waals surface area contributed by atoms with E-state index in [4.69, 9.17) is 9.47 Å². The van der Waals surface area contributed by atoms with Crippen LogP contribution in [0, 0.1) is 0 Å². The zero-order valence-corrected chi connectivity index (χ0v) is 20.8. The van der Waals surface area contributed by atoms with E-state index < -0.39 is 0 Å². The Morgan fingerprint density at radius 1 is 1.00 bits per heavy atom. The maximum atomic E-state index is 13.3. The molecule has 3 rings (SSSR count). The molecule has 0 heterocycles. The minimum Gasteiger partial charge on any atom is -0.497 e.